The number of hydrogen-bond donors (Lipinski definition) is 1. The van der Waals surface area contributed by atoms with Crippen molar-refractivity contribution < 1.29 is 19.3 Å². The van der Waals surface area contributed by atoms with Crippen molar-refractivity contribution in [2.24, 2.45) is 0 Å². The van der Waals surface area contributed by atoms with Crippen molar-refractivity contribution in [2.75, 3.05) is 34.5 Å². The molecule has 0 radical (unpaired) electrons. The summed E-state index contributed by atoms with van der Waals surface area (Å²) in [5.41, 5.74) is -0.368. The summed E-state index contributed by atoms with van der Waals surface area (Å²) in [6.45, 7) is 0.375. The van der Waals surface area contributed by atoms with Crippen LogP contribution in [0.2, 0.25) is 0 Å². The Bertz CT molecular complexity index is 301. The van der Waals surface area contributed by atoms with Gasteiger partial charge in [0.25, 0.3) is 0 Å². The molecule has 0 atom stereocenters. The quantitative estimate of drug-likeness (QED) is 0.791. The summed E-state index contributed by atoms with van der Waals surface area (Å²) in [5, 5.41) is 10.4. The van der Waals surface area contributed by atoms with Crippen LogP contribution in [0, 0.1) is 0 Å². The van der Waals surface area contributed by atoms with Crippen LogP contribution >= 0.6 is 0 Å². The Hall–Kier alpha value is -1.10. The minimum atomic E-state index is -1.12. The molecule has 1 aromatic carbocycles. The molecular weight excluding hydrogens is 208 g/mol. The van der Waals surface area contributed by atoms with Crippen LogP contribution in [0.1, 0.15) is 5.56 Å². The van der Waals surface area contributed by atoms with Gasteiger partial charge in [-0.15, -0.1) is 0 Å². The van der Waals surface area contributed by atoms with Crippen molar-refractivity contribution >= 4 is 0 Å². The predicted molar refractivity (Wildman–Crippen MR) is 60.6 cm³/mol. The highest BCUT2D eigenvalue weighted by molar-refractivity contribution is 5.31. The normalized spacial score (nSPS) is 11.5. The van der Waals surface area contributed by atoms with Crippen LogP contribution in [0.5, 0.6) is 5.75 Å². The first kappa shape index (κ1) is 13.0. The van der Waals surface area contributed by atoms with E-state index in [1.165, 1.54) is 0 Å². The summed E-state index contributed by atoms with van der Waals surface area (Å²) in [7, 11) is 4.69. The third kappa shape index (κ3) is 2.95. The van der Waals surface area contributed by atoms with E-state index in [-0.39, 0.29) is 13.2 Å². The lowest BCUT2D eigenvalue weighted by Gasteiger charge is -2.27. The van der Waals surface area contributed by atoms with Gasteiger partial charge < -0.3 is 19.3 Å². The van der Waals surface area contributed by atoms with Gasteiger partial charge in [0, 0.05) is 14.2 Å². The van der Waals surface area contributed by atoms with E-state index in [0.717, 1.165) is 11.3 Å². The molecule has 0 fully saturated rings. The van der Waals surface area contributed by atoms with E-state index in [2.05, 4.69) is 0 Å². The zero-order valence-corrected chi connectivity index (χ0v) is 9.90. The fourth-order valence-electron chi connectivity index (χ4n) is 1.59. The first-order valence-corrected chi connectivity index (χ1v) is 5.01. The van der Waals surface area contributed by atoms with E-state index >= 15 is 0 Å². The fourth-order valence-corrected chi connectivity index (χ4v) is 1.59. The number of aliphatic hydroxyl groups is 1. The molecular formula is C12H18O4. The van der Waals surface area contributed by atoms with Crippen LogP contribution in [0.4, 0.5) is 0 Å². The SMILES string of the molecule is COCC(O)(COC)c1ccc(OC)cc1. The van der Waals surface area contributed by atoms with Gasteiger partial charge in [-0.1, -0.05) is 12.1 Å². The molecule has 0 saturated heterocycles. The molecule has 1 rings (SSSR count). The lowest BCUT2D eigenvalue weighted by molar-refractivity contribution is -0.0823. The van der Waals surface area contributed by atoms with Gasteiger partial charge in [0.15, 0.2) is 0 Å². The summed E-state index contributed by atoms with van der Waals surface area (Å²) < 4.78 is 15.1. The Labute approximate surface area is 95.8 Å². The zero-order chi connectivity index (χ0) is 12.0. The lowest BCUT2D eigenvalue weighted by Crippen LogP contribution is -2.36. The van der Waals surface area contributed by atoms with Crippen molar-refractivity contribution in [1.82, 2.24) is 0 Å². The topological polar surface area (TPSA) is 47.9 Å². The maximum atomic E-state index is 10.4. The Morgan fingerprint density at radius 3 is 1.88 bits per heavy atom. The van der Waals surface area contributed by atoms with Gasteiger partial charge in [-0.05, 0) is 17.7 Å². The molecule has 1 N–H and O–H groups in total. The molecule has 90 valence electrons. The van der Waals surface area contributed by atoms with E-state index < -0.39 is 5.60 Å². The van der Waals surface area contributed by atoms with Gasteiger partial charge in [0.1, 0.15) is 11.4 Å². The standard InChI is InChI=1S/C12H18O4/c1-14-8-12(13,9-15-2)10-4-6-11(16-3)7-5-10/h4-7,13H,8-9H2,1-3H3. The molecule has 0 unspecified atom stereocenters. The van der Waals surface area contributed by atoms with Crippen molar-refractivity contribution in [3.8, 4) is 5.75 Å². The fraction of sp³-hybridized carbons (Fsp3) is 0.500. The second-order valence-electron chi connectivity index (χ2n) is 3.63. The monoisotopic (exact) mass is 226 g/mol. The molecule has 0 heterocycles. The molecule has 0 aliphatic carbocycles. The van der Waals surface area contributed by atoms with Gasteiger partial charge in [-0.25, -0.2) is 0 Å². The highest BCUT2D eigenvalue weighted by Gasteiger charge is 2.29. The molecule has 4 heteroatoms. The molecule has 0 bridgehead atoms. The van der Waals surface area contributed by atoms with E-state index in [9.17, 15) is 5.11 Å². The van der Waals surface area contributed by atoms with Crippen LogP contribution in [-0.4, -0.2) is 39.6 Å². The number of benzene rings is 1. The van der Waals surface area contributed by atoms with Gasteiger partial charge >= 0.3 is 0 Å². The average Bonchev–Trinajstić information content (AvgIpc) is 2.30. The van der Waals surface area contributed by atoms with Crippen LogP contribution in [-0.2, 0) is 15.1 Å². The molecule has 16 heavy (non-hydrogen) atoms. The summed E-state index contributed by atoms with van der Waals surface area (Å²) in [6.07, 6.45) is 0. The van der Waals surface area contributed by atoms with E-state index in [0.29, 0.717) is 0 Å². The lowest BCUT2D eigenvalue weighted by atomic mass is 9.95. The van der Waals surface area contributed by atoms with Crippen molar-refractivity contribution in [1.29, 1.82) is 0 Å². The van der Waals surface area contributed by atoms with Crippen molar-refractivity contribution in [3.05, 3.63) is 29.8 Å². The van der Waals surface area contributed by atoms with Gasteiger partial charge in [-0.3, -0.25) is 0 Å². The van der Waals surface area contributed by atoms with Gasteiger partial charge in [0.2, 0.25) is 0 Å². The van der Waals surface area contributed by atoms with Crippen LogP contribution in [0.3, 0.4) is 0 Å². The highest BCUT2D eigenvalue weighted by atomic mass is 16.5. The Morgan fingerprint density at radius 1 is 1.00 bits per heavy atom. The first-order chi connectivity index (χ1) is 7.66. The molecule has 0 aliphatic heterocycles. The van der Waals surface area contributed by atoms with E-state index in [1.54, 1.807) is 45.6 Å². The molecule has 0 aliphatic rings. The summed E-state index contributed by atoms with van der Waals surface area (Å²) in [5.74, 6) is 0.751. The summed E-state index contributed by atoms with van der Waals surface area (Å²) in [4.78, 5) is 0. The van der Waals surface area contributed by atoms with Crippen LogP contribution in [0.15, 0.2) is 24.3 Å². The Balaban J connectivity index is 2.91. The number of methoxy groups -OCH3 is 3. The second kappa shape index (κ2) is 5.84. The number of rotatable bonds is 6. The predicted octanol–water partition coefficient (Wildman–Crippen LogP) is 1.18. The smallest absolute Gasteiger partial charge is 0.136 e. The summed E-state index contributed by atoms with van der Waals surface area (Å²) >= 11 is 0. The minimum absolute atomic E-state index is 0.188. The van der Waals surface area contributed by atoms with E-state index in [4.69, 9.17) is 14.2 Å². The molecule has 0 amide bonds. The third-order valence-electron chi connectivity index (χ3n) is 2.39. The number of hydrogen-bond acceptors (Lipinski definition) is 4. The van der Waals surface area contributed by atoms with E-state index in [1.807, 2.05) is 0 Å². The van der Waals surface area contributed by atoms with Gasteiger partial charge in [0.05, 0.1) is 20.3 Å². The summed E-state index contributed by atoms with van der Waals surface area (Å²) in [6, 6.07) is 7.20. The molecule has 4 nitrogen and oxygen atoms in total. The maximum absolute atomic E-state index is 10.4. The van der Waals surface area contributed by atoms with Crippen molar-refractivity contribution in [2.45, 2.75) is 5.60 Å². The average molecular weight is 226 g/mol. The zero-order valence-electron chi connectivity index (χ0n) is 9.90. The van der Waals surface area contributed by atoms with Crippen LogP contribution < -0.4 is 4.74 Å². The highest BCUT2D eigenvalue weighted by Crippen LogP contribution is 2.24. The molecule has 1 aromatic rings. The Kier molecular flexibility index (Phi) is 4.73. The third-order valence-corrected chi connectivity index (χ3v) is 2.39. The number of ether oxygens (including phenoxy) is 3. The Morgan fingerprint density at radius 2 is 1.50 bits per heavy atom. The minimum Gasteiger partial charge on any atom is -0.497 e. The van der Waals surface area contributed by atoms with Crippen LogP contribution in [0.25, 0.3) is 0 Å². The van der Waals surface area contributed by atoms with Gasteiger partial charge in [-0.2, -0.15) is 0 Å². The molecule has 0 spiro atoms. The van der Waals surface area contributed by atoms with Crippen molar-refractivity contribution in [3.63, 3.8) is 0 Å². The first-order valence-electron chi connectivity index (χ1n) is 5.01. The molecule has 0 saturated carbocycles. The second-order valence-corrected chi connectivity index (χ2v) is 3.63. The molecule has 0 aromatic heterocycles. The maximum Gasteiger partial charge on any atom is 0.136 e. The largest absolute Gasteiger partial charge is 0.497 e.